The van der Waals surface area contributed by atoms with E-state index in [1.165, 1.54) is 31.2 Å². The topological polar surface area (TPSA) is 125 Å². The van der Waals surface area contributed by atoms with E-state index < -0.39 is 34.5 Å². The van der Waals surface area contributed by atoms with Crippen molar-refractivity contribution in [2.75, 3.05) is 11.9 Å². The molecular weight excluding hydrogens is 406 g/mol. The molecule has 158 valence electrons. The second kappa shape index (κ2) is 9.52. The second-order valence-corrected chi connectivity index (χ2v) is 8.62. The molecule has 0 aliphatic carbocycles. The molecule has 1 amide bonds. The van der Waals surface area contributed by atoms with Crippen LogP contribution in [0.4, 0.5) is 5.69 Å². The number of ether oxygens (including phenoxy) is 1. The maximum absolute atomic E-state index is 12.4. The lowest BCUT2D eigenvalue weighted by Crippen LogP contribution is -2.36. The highest BCUT2D eigenvalue weighted by atomic mass is 32.2. The van der Waals surface area contributed by atoms with Crippen LogP contribution in [0.15, 0.2) is 41.3 Å². The lowest BCUT2D eigenvalue weighted by atomic mass is 10.0. The van der Waals surface area contributed by atoms with Crippen molar-refractivity contribution in [1.29, 1.82) is 5.26 Å². The molecule has 9 heteroatoms. The zero-order valence-corrected chi connectivity index (χ0v) is 18.0. The van der Waals surface area contributed by atoms with Gasteiger partial charge in [0.15, 0.2) is 6.10 Å². The van der Waals surface area contributed by atoms with Gasteiger partial charge in [-0.2, -0.15) is 9.98 Å². The number of hydrogen-bond acceptors (Lipinski definition) is 6. The summed E-state index contributed by atoms with van der Waals surface area (Å²) in [5, 5.41) is 11.5. The minimum atomic E-state index is -3.96. The van der Waals surface area contributed by atoms with E-state index in [2.05, 4.69) is 10.0 Å². The van der Waals surface area contributed by atoms with Gasteiger partial charge in [-0.3, -0.25) is 9.59 Å². The van der Waals surface area contributed by atoms with Gasteiger partial charge in [-0.05, 0) is 63.1 Å². The Labute approximate surface area is 175 Å². The van der Waals surface area contributed by atoms with Crippen LogP contribution in [0, 0.1) is 32.1 Å². The highest BCUT2D eigenvalue weighted by molar-refractivity contribution is 7.89. The number of nitrogens with one attached hydrogen (secondary N) is 2. The van der Waals surface area contributed by atoms with Crippen LogP contribution in [0.1, 0.15) is 29.2 Å². The average Bonchev–Trinajstić information content (AvgIpc) is 2.69. The molecule has 2 aromatic rings. The molecular formula is C21H23N3O5S. The van der Waals surface area contributed by atoms with Crippen LogP contribution in [0.2, 0.25) is 0 Å². The molecule has 8 nitrogen and oxygen atoms in total. The van der Waals surface area contributed by atoms with Crippen molar-refractivity contribution in [3.05, 3.63) is 58.7 Å². The van der Waals surface area contributed by atoms with E-state index in [1.807, 2.05) is 39.0 Å². The van der Waals surface area contributed by atoms with Crippen LogP contribution in [0.3, 0.4) is 0 Å². The van der Waals surface area contributed by atoms with Crippen molar-refractivity contribution in [2.45, 2.75) is 38.7 Å². The number of aryl methyl sites for hydroxylation is 3. The number of rotatable bonds is 7. The first kappa shape index (κ1) is 23.1. The molecule has 0 spiro atoms. The van der Waals surface area contributed by atoms with E-state index >= 15 is 0 Å². The monoisotopic (exact) mass is 429 g/mol. The van der Waals surface area contributed by atoms with E-state index in [0.717, 1.165) is 16.7 Å². The largest absolute Gasteiger partial charge is 0.452 e. The molecule has 0 saturated carbocycles. The van der Waals surface area contributed by atoms with Crippen molar-refractivity contribution in [3.63, 3.8) is 0 Å². The van der Waals surface area contributed by atoms with E-state index in [9.17, 15) is 18.0 Å². The molecule has 30 heavy (non-hydrogen) atoms. The van der Waals surface area contributed by atoms with E-state index in [-0.39, 0.29) is 4.90 Å². The molecule has 2 aromatic carbocycles. The Morgan fingerprint density at radius 2 is 1.67 bits per heavy atom. The maximum Gasteiger partial charge on any atom is 0.321 e. The highest BCUT2D eigenvalue weighted by Crippen LogP contribution is 2.22. The zero-order valence-electron chi connectivity index (χ0n) is 17.1. The summed E-state index contributed by atoms with van der Waals surface area (Å²) in [4.78, 5) is 24.3. The third-order valence-electron chi connectivity index (χ3n) is 4.30. The predicted molar refractivity (Wildman–Crippen MR) is 111 cm³/mol. The summed E-state index contributed by atoms with van der Waals surface area (Å²) in [5.41, 5.74) is 3.79. The standard InChI is InChI=1S/C21H23N3O5S/c1-13-9-14(2)20(15(3)10-13)24-21(26)16(4)29-19(25)12-23-30(27,28)18-7-5-17(11-22)6-8-18/h5-10,16,23H,12H2,1-4H3,(H,24,26). The molecule has 0 bridgehead atoms. The zero-order chi connectivity index (χ0) is 22.5. The summed E-state index contributed by atoms with van der Waals surface area (Å²) in [6.07, 6.45) is -1.11. The number of esters is 1. The predicted octanol–water partition coefficient (Wildman–Crippen LogP) is 2.33. The molecule has 1 unspecified atom stereocenters. The molecule has 2 rings (SSSR count). The van der Waals surface area contributed by atoms with Gasteiger partial charge in [0.05, 0.1) is 16.5 Å². The average molecular weight is 429 g/mol. The SMILES string of the molecule is Cc1cc(C)c(NC(=O)C(C)OC(=O)CNS(=O)(=O)c2ccc(C#N)cc2)c(C)c1. The first-order chi connectivity index (χ1) is 14.0. The van der Waals surface area contributed by atoms with Crippen LogP contribution in [0.25, 0.3) is 0 Å². The van der Waals surface area contributed by atoms with Gasteiger partial charge < -0.3 is 10.1 Å². The lowest BCUT2D eigenvalue weighted by Gasteiger charge is -2.17. The number of nitrogens with zero attached hydrogens (tertiary/aromatic N) is 1. The van der Waals surface area contributed by atoms with Crippen LogP contribution >= 0.6 is 0 Å². The Hall–Kier alpha value is -3.22. The fourth-order valence-corrected chi connectivity index (χ4v) is 3.81. The molecule has 0 heterocycles. The first-order valence-corrected chi connectivity index (χ1v) is 10.6. The molecule has 0 fully saturated rings. The Kier molecular flexibility index (Phi) is 7.32. The number of carbonyl (C=O) groups excluding carboxylic acids is 2. The highest BCUT2D eigenvalue weighted by Gasteiger charge is 2.21. The van der Waals surface area contributed by atoms with E-state index in [0.29, 0.717) is 11.3 Å². The Morgan fingerprint density at radius 1 is 1.10 bits per heavy atom. The maximum atomic E-state index is 12.4. The molecule has 0 saturated heterocycles. The fraction of sp³-hybridized carbons (Fsp3) is 0.286. The van der Waals surface area contributed by atoms with Crippen LogP contribution in [0.5, 0.6) is 0 Å². The molecule has 2 N–H and O–H groups in total. The van der Waals surface area contributed by atoms with Gasteiger partial charge in [0.2, 0.25) is 10.0 Å². The Morgan fingerprint density at radius 3 is 2.20 bits per heavy atom. The smallest absolute Gasteiger partial charge is 0.321 e. The van der Waals surface area contributed by atoms with Gasteiger partial charge in [-0.15, -0.1) is 0 Å². The quantitative estimate of drug-likeness (QED) is 0.651. The summed E-state index contributed by atoms with van der Waals surface area (Å²) in [6.45, 7) is 6.45. The summed E-state index contributed by atoms with van der Waals surface area (Å²) < 4.78 is 31.6. The Bertz CT molecular complexity index is 1080. The van der Waals surface area contributed by atoms with Gasteiger partial charge in [-0.25, -0.2) is 8.42 Å². The van der Waals surface area contributed by atoms with Gasteiger partial charge in [0.1, 0.15) is 6.54 Å². The van der Waals surface area contributed by atoms with Crippen molar-refractivity contribution in [3.8, 4) is 6.07 Å². The normalized spacial score (nSPS) is 12.0. The number of amides is 1. The van der Waals surface area contributed by atoms with Gasteiger partial charge in [0, 0.05) is 5.69 Å². The minimum Gasteiger partial charge on any atom is -0.452 e. The number of hydrogen-bond donors (Lipinski definition) is 2. The molecule has 0 radical (unpaired) electrons. The number of sulfonamides is 1. The van der Waals surface area contributed by atoms with Crippen LogP contribution in [-0.4, -0.2) is 32.9 Å². The van der Waals surface area contributed by atoms with Crippen LogP contribution in [-0.2, 0) is 24.3 Å². The summed E-state index contributed by atoms with van der Waals surface area (Å²) >= 11 is 0. The number of carbonyl (C=O) groups is 2. The van der Waals surface area contributed by atoms with E-state index in [4.69, 9.17) is 10.00 Å². The van der Waals surface area contributed by atoms with Gasteiger partial charge in [-0.1, -0.05) is 17.7 Å². The van der Waals surface area contributed by atoms with Crippen molar-refractivity contribution < 1.29 is 22.7 Å². The summed E-state index contributed by atoms with van der Waals surface area (Å²) in [5.74, 6) is -1.42. The van der Waals surface area contributed by atoms with Crippen molar-refractivity contribution in [2.24, 2.45) is 0 Å². The first-order valence-electron chi connectivity index (χ1n) is 9.11. The number of benzene rings is 2. The van der Waals surface area contributed by atoms with Crippen molar-refractivity contribution in [1.82, 2.24) is 4.72 Å². The third-order valence-corrected chi connectivity index (χ3v) is 5.72. The molecule has 0 aliphatic heterocycles. The third kappa shape index (κ3) is 5.89. The van der Waals surface area contributed by atoms with Gasteiger partial charge >= 0.3 is 5.97 Å². The number of nitriles is 1. The second-order valence-electron chi connectivity index (χ2n) is 6.86. The molecule has 1 atom stereocenters. The van der Waals surface area contributed by atoms with Crippen LogP contribution < -0.4 is 10.0 Å². The summed E-state index contributed by atoms with van der Waals surface area (Å²) in [7, 11) is -3.96. The van der Waals surface area contributed by atoms with E-state index in [1.54, 1.807) is 0 Å². The lowest BCUT2D eigenvalue weighted by molar-refractivity contribution is -0.151. The minimum absolute atomic E-state index is 0.0922. The number of anilines is 1. The fourth-order valence-electron chi connectivity index (χ4n) is 2.84. The molecule has 0 aromatic heterocycles. The Balaban J connectivity index is 1.94. The van der Waals surface area contributed by atoms with Gasteiger partial charge in [0.25, 0.3) is 5.91 Å². The summed E-state index contributed by atoms with van der Waals surface area (Å²) in [6, 6.07) is 11.0. The van der Waals surface area contributed by atoms with Crippen molar-refractivity contribution >= 4 is 27.6 Å². The molecule has 0 aliphatic rings.